The molecule has 2 atom stereocenters. The Morgan fingerprint density at radius 1 is 1.47 bits per heavy atom. The van der Waals surface area contributed by atoms with E-state index in [-0.39, 0.29) is 11.9 Å². The Labute approximate surface area is 124 Å². The van der Waals surface area contributed by atoms with Crippen molar-refractivity contribution in [1.29, 1.82) is 0 Å². The van der Waals surface area contributed by atoms with E-state index in [1.807, 2.05) is 6.07 Å². The lowest BCUT2D eigenvalue weighted by Crippen LogP contribution is -2.32. The molecular formula is C14H24N2OS2. The predicted molar refractivity (Wildman–Crippen MR) is 85.6 cm³/mol. The third-order valence-electron chi connectivity index (χ3n) is 2.87. The van der Waals surface area contributed by atoms with Gasteiger partial charge in [0.2, 0.25) is 5.91 Å². The molecule has 0 fully saturated rings. The summed E-state index contributed by atoms with van der Waals surface area (Å²) in [5.41, 5.74) is 5.56. The third kappa shape index (κ3) is 5.97. The van der Waals surface area contributed by atoms with Gasteiger partial charge in [0.15, 0.2) is 0 Å². The average Bonchev–Trinajstić information content (AvgIpc) is 2.88. The van der Waals surface area contributed by atoms with E-state index in [4.69, 9.17) is 5.73 Å². The number of nitrogens with two attached hydrogens (primary N) is 1. The van der Waals surface area contributed by atoms with Crippen LogP contribution in [0.25, 0.3) is 0 Å². The number of hydrogen-bond donors (Lipinski definition) is 2. The van der Waals surface area contributed by atoms with Gasteiger partial charge >= 0.3 is 0 Å². The van der Waals surface area contributed by atoms with Crippen LogP contribution in [0.4, 0.5) is 0 Å². The molecule has 0 saturated carbocycles. The second-order valence-electron chi connectivity index (χ2n) is 5.16. The number of hydrogen-bond acceptors (Lipinski definition) is 4. The summed E-state index contributed by atoms with van der Waals surface area (Å²) in [5.74, 6) is 2.43. The molecule has 1 heterocycles. The van der Waals surface area contributed by atoms with Crippen LogP contribution in [-0.4, -0.2) is 24.0 Å². The molecule has 1 rings (SSSR count). The smallest absolute Gasteiger partial charge is 0.230 e. The van der Waals surface area contributed by atoms with Crippen molar-refractivity contribution >= 4 is 29.0 Å². The summed E-state index contributed by atoms with van der Waals surface area (Å²) in [6.07, 6.45) is 0. The van der Waals surface area contributed by atoms with Gasteiger partial charge in [0.25, 0.3) is 0 Å². The van der Waals surface area contributed by atoms with E-state index in [9.17, 15) is 4.79 Å². The first-order valence-electron chi connectivity index (χ1n) is 6.65. The summed E-state index contributed by atoms with van der Waals surface area (Å²) in [7, 11) is 0. The molecular weight excluding hydrogens is 276 g/mol. The highest BCUT2D eigenvalue weighted by molar-refractivity contribution is 7.99. The van der Waals surface area contributed by atoms with Crippen molar-refractivity contribution in [3.05, 3.63) is 22.4 Å². The normalized spacial score (nSPS) is 14.4. The molecule has 2 unspecified atom stereocenters. The van der Waals surface area contributed by atoms with Gasteiger partial charge in [-0.3, -0.25) is 4.79 Å². The molecule has 0 aliphatic heterocycles. The fraction of sp³-hybridized carbons (Fsp3) is 0.643. The van der Waals surface area contributed by atoms with E-state index in [2.05, 4.69) is 37.5 Å². The molecule has 3 N–H and O–H groups in total. The first-order chi connectivity index (χ1) is 9.04. The zero-order valence-electron chi connectivity index (χ0n) is 11.9. The molecule has 1 aromatic rings. The lowest BCUT2D eigenvalue weighted by molar-refractivity contribution is -0.119. The van der Waals surface area contributed by atoms with Crippen LogP contribution >= 0.6 is 23.1 Å². The van der Waals surface area contributed by atoms with Crippen LogP contribution in [0, 0.1) is 11.8 Å². The molecule has 0 aliphatic rings. The van der Waals surface area contributed by atoms with Crippen LogP contribution in [-0.2, 0) is 4.79 Å². The number of carbonyl (C=O) groups excluding carboxylic acids is 1. The Balaban J connectivity index is 2.40. The second kappa shape index (κ2) is 8.61. The van der Waals surface area contributed by atoms with Gasteiger partial charge in [-0.05, 0) is 35.6 Å². The Bertz CT molecular complexity index is 366. The molecule has 0 radical (unpaired) electrons. The lowest BCUT2D eigenvalue weighted by atomic mass is 10.0. The zero-order valence-corrected chi connectivity index (χ0v) is 13.5. The summed E-state index contributed by atoms with van der Waals surface area (Å²) in [6, 6.07) is 4.23. The van der Waals surface area contributed by atoms with Crippen LogP contribution in [0.3, 0.4) is 0 Å². The summed E-state index contributed by atoms with van der Waals surface area (Å²) in [4.78, 5) is 13.2. The maximum Gasteiger partial charge on any atom is 0.230 e. The minimum absolute atomic E-state index is 0.112. The molecule has 1 amide bonds. The Kier molecular flexibility index (Phi) is 7.49. The molecule has 108 valence electrons. The first-order valence-corrected chi connectivity index (χ1v) is 8.68. The molecule has 0 bridgehead atoms. The van der Waals surface area contributed by atoms with Crippen molar-refractivity contribution in [3.63, 3.8) is 0 Å². The van der Waals surface area contributed by atoms with Crippen LogP contribution in [0.2, 0.25) is 0 Å². The third-order valence-corrected chi connectivity index (χ3v) is 5.10. The van der Waals surface area contributed by atoms with E-state index in [1.54, 1.807) is 23.1 Å². The van der Waals surface area contributed by atoms with Gasteiger partial charge < -0.3 is 11.1 Å². The Morgan fingerprint density at radius 3 is 2.74 bits per heavy atom. The van der Waals surface area contributed by atoms with E-state index in [1.165, 1.54) is 4.88 Å². The van der Waals surface area contributed by atoms with E-state index in [0.29, 0.717) is 24.1 Å². The fourth-order valence-electron chi connectivity index (χ4n) is 1.67. The molecule has 0 aromatic carbocycles. The number of carbonyl (C=O) groups is 1. The van der Waals surface area contributed by atoms with Crippen LogP contribution < -0.4 is 11.1 Å². The first kappa shape index (κ1) is 16.5. The van der Waals surface area contributed by atoms with Crippen LogP contribution in [0.5, 0.6) is 0 Å². The number of thiophene rings is 1. The quantitative estimate of drug-likeness (QED) is 0.776. The molecule has 19 heavy (non-hydrogen) atoms. The van der Waals surface area contributed by atoms with Gasteiger partial charge in [0.05, 0.1) is 11.8 Å². The maximum absolute atomic E-state index is 12.0. The van der Waals surface area contributed by atoms with E-state index in [0.717, 1.165) is 5.75 Å². The van der Waals surface area contributed by atoms with E-state index >= 15 is 0 Å². The van der Waals surface area contributed by atoms with Gasteiger partial charge in [-0.1, -0.05) is 26.8 Å². The van der Waals surface area contributed by atoms with Crippen molar-refractivity contribution in [1.82, 2.24) is 5.32 Å². The van der Waals surface area contributed by atoms with Gasteiger partial charge in [-0.2, -0.15) is 11.8 Å². The van der Waals surface area contributed by atoms with Crippen molar-refractivity contribution in [2.24, 2.45) is 17.6 Å². The largest absolute Gasteiger partial charge is 0.348 e. The summed E-state index contributed by atoms with van der Waals surface area (Å²) in [6.45, 7) is 7.05. The van der Waals surface area contributed by atoms with E-state index < -0.39 is 0 Å². The average molecular weight is 300 g/mol. The molecule has 3 nitrogen and oxygen atoms in total. The van der Waals surface area contributed by atoms with Gasteiger partial charge in [0.1, 0.15) is 0 Å². The number of thioether (sulfide) groups is 1. The highest BCUT2D eigenvalue weighted by Crippen LogP contribution is 2.25. The van der Waals surface area contributed by atoms with Gasteiger partial charge in [0, 0.05) is 4.88 Å². The highest BCUT2D eigenvalue weighted by Gasteiger charge is 2.19. The molecule has 5 heteroatoms. The van der Waals surface area contributed by atoms with Gasteiger partial charge in [-0.15, -0.1) is 11.3 Å². The summed E-state index contributed by atoms with van der Waals surface area (Å²) >= 11 is 3.35. The number of amides is 1. The standard InChI is InChI=1S/C14H24N2OS2/c1-10(2)14(12-5-4-6-19-12)16-13(17)9-18-8-11(3)7-15/h4-6,10-11,14H,7-9,15H2,1-3H3,(H,16,17). The van der Waals surface area contributed by atoms with Crippen LogP contribution in [0.1, 0.15) is 31.7 Å². The summed E-state index contributed by atoms with van der Waals surface area (Å²) in [5, 5.41) is 5.18. The predicted octanol–water partition coefficient (Wildman–Crippen LogP) is 2.89. The van der Waals surface area contributed by atoms with Crippen molar-refractivity contribution in [2.75, 3.05) is 18.1 Å². The summed E-state index contributed by atoms with van der Waals surface area (Å²) < 4.78 is 0. The molecule has 1 aromatic heterocycles. The van der Waals surface area contributed by atoms with Crippen LogP contribution in [0.15, 0.2) is 17.5 Å². The number of rotatable bonds is 8. The molecule has 0 saturated heterocycles. The van der Waals surface area contributed by atoms with Crippen molar-refractivity contribution in [3.8, 4) is 0 Å². The fourth-order valence-corrected chi connectivity index (χ4v) is 3.54. The minimum Gasteiger partial charge on any atom is -0.348 e. The molecule has 0 spiro atoms. The van der Waals surface area contributed by atoms with Crippen molar-refractivity contribution < 1.29 is 4.79 Å². The topological polar surface area (TPSA) is 55.1 Å². The lowest BCUT2D eigenvalue weighted by Gasteiger charge is -2.21. The highest BCUT2D eigenvalue weighted by atomic mass is 32.2. The maximum atomic E-state index is 12.0. The Hall–Kier alpha value is -0.520. The molecule has 0 aliphatic carbocycles. The second-order valence-corrected chi connectivity index (χ2v) is 7.17. The Morgan fingerprint density at radius 2 is 2.21 bits per heavy atom. The van der Waals surface area contributed by atoms with Gasteiger partial charge in [-0.25, -0.2) is 0 Å². The monoisotopic (exact) mass is 300 g/mol. The minimum atomic E-state index is 0.112. The van der Waals surface area contributed by atoms with Crippen molar-refractivity contribution in [2.45, 2.75) is 26.8 Å². The zero-order chi connectivity index (χ0) is 14.3. The SMILES string of the molecule is CC(CN)CSCC(=O)NC(c1cccs1)C(C)C. The number of nitrogens with one attached hydrogen (secondary N) is 1.